The Bertz CT molecular complexity index is 868. The van der Waals surface area contributed by atoms with Gasteiger partial charge in [0, 0.05) is 25.2 Å². The highest BCUT2D eigenvalue weighted by Gasteiger charge is 2.26. The molecule has 0 N–H and O–H groups in total. The first-order valence-electron chi connectivity index (χ1n) is 6.95. The fraction of sp³-hybridized carbons (Fsp3) is 0.125. The minimum Gasteiger partial charge on any atom is -0.258 e. The van der Waals surface area contributed by atoms with Crippen molar-refractivity contribution in [2.45, 2.75) is 11.4 Å². The van der Waals surface area contributed by atoms with Gasteiger partial charge in [0.2, 0.25) is 10.0 Å². The van der Waals surface area contributed by atoms with Crippen LogP contribution in [0, 0.1) is 15.9 Å². The Balaban J connectivity index is 2.39. The van der Waals surface area contributed by atoms with Crippen LogP contribution in [0.4, 0.5) is 10.1 Å². The average Bonchev–Trinajstić information content (AvgIpc) is 2.55. The van der Waals surface area contributed by atoms with Crippen molar-refractivity contribution in [1.82, 2.24) is 4.31 Å². The van der Waals surface area contributed by atoms with E-state index in [-0.39, 0.29) is 18.8 Å². The molecule has 0 fully saturated rings. The summed E-state index contributed by atoms with van der Waals surface area (Å²) in [5.74, 6) is -0.856. The van der Waals surface area contributed by atoms with Gasteiger partial charge < -0.3 is 0 Å². The van der Waals surface area contributed by atoms with Crippen LogP contribution in [0.3, 0.4) is 0 Å². The standard InChI is InChI=1S/C16H15FN2O4S/c1-2-10-18(12-13-6-5-7-14(11-13)19(20)21)24(22,23)16-9-4-3-8-15(16)17/h2-9,11H,1,10,12H2. The number of benzene rings is 2. The maximum Gasteiger partial charge on any atom is 0.269 e. The molecule has 8 heteroatoms. The van der Waals surface area contributed by atoms with Gasteiger partial charge in [-0.1, -0.05) is 30.3 Å². The van der Waals surface area contributed by atoms with Crippen LogP contribution in [0.1, 0.15) is 5.56 Å². The van der Waals surface area contributed by atoms with Crippen molar-refractivity contribution in [3.8, 4) is 0 Å². The SMILES string of the molecule is C=CCN(Cc1cccc([N+](=O)[O-])c1)S(=O)(=O)c1ccccc1F. The van der Waals surface area contributed by atoms with E-state index in [2.05, 4.69) is 6.58 Å². The van der Waals surface area contributed by atoms with Crippen LogP contribution in [0.2, 0.25) is 0 Å². The van der Waals surface area contributed by atoms with Crippen molar-refractivity contribution in [2.24, 2.45) is 0 Å². The average molecular weight is 350 g/mol. The van der Waals surface area contributed by atoms with E-state index >= 15 is 0 Å². The third-order valence-electron chi connectivity index (χ3n) is 3.27. The van der Waals surface area contributed by atoms with Gasteiger partial charge in [-0.15, -0.1) is 6.58 Å². The van der Waals surface area contributed by atoms with E-state index in [0.29, 0.717) is 5.56 Å². The summed E-state index contributed by atoms with van der Waals surface area (Å²) in [5, 5.41) is 10.8. The first-order valence-corrected chi connectivity index (χ1v) is 8.39. The molecule has 0 spiro atoms. The van der Waals surface area contributed by atoms with Crippen LogP contribution in [-0.4, -0.2) is 24.2 Å². The molecular formula is C16H15FN2O4S. The van der Waals surface area contributed by atoms with E-state index in [1.165, 1.54) is 42.5 Å². The predicted octanol–water partition coefficient (Wildman–Crippen LogP) is 3.11. The number of nitrogens with zero attached hydrogens (tertiary/aromatic N) is 2. The third kappa shape index (κ3) is 3.84. The highest BCUT2D eigenvalue weighted by atomic mass is 32.2. The molecule has 0 aliphatic heterocycles. The van der Waals surface area contributed by atoms with Gasteiger partial charge in [-0.25, -0.2) is 12.8 Å². The zero-order valence-electron chi connectivity index (χ0n) is 12.6. The predicted molar refractivity (Wildman–Crippen MR) is 87.3 cm³/mol. The number of nitro groups is 1. The monoisotopic (exact) mass is 350 g/mol. The molecule has 24 heavy (non-hydrogen) atoms. The second kappa shape index (κ2) is 7.33. The number of non-ortho nitro benzene ring substituents is 1. The van der Waals surface area contributed by atoms with Gasteiger partial charge in [-0.05, 0) is 17.7 Å². The summed E-state index contributed by atoms with van der Waals surface area (Å²) in [7, 11) is -4.11. The van der Waals surface area contributed by atoms with Crippen LogP contribution in [0.25, 0.3) is 0 Å². The molecule has 0 saturated heterocycles. The zero-order valence-corrected chi connectivity index (χ0v) is 13.4. The molecule has 0 atom stereocenters. The van der Waals surface area contributed by atoms with E-state index < -0.39 is 25.7 Å². The van der Waals surface area contributed by atoms with Gasteiger partial charge in [0.1, 0.15) is 10.7 Å². The van der Waals surface area contributed by atoms with Crippen molar-refractivity contribution >= 4 is 15.7 Å². The van der Waals surface area contributed by atoms with Crippen LogP contribution in [0.5, 0.6) is 0 Å². The summed E-state index contributed by atoms with van der Waals surface area (Å²) in [6.45, 7) is 3.32. The Hall–Kier alpha value is -2.58. The molecule has 2 rings (SSSR count). The summed E-state index contributed by atoms with van der Waals surface area (Å²) in [4.78, 5) is 9.83. The second-order valence-electron chi connectivity index (χ2n) is 4.94. The molecule has 126 valence electrons. The van der Waals surface area contributed by atoms with Crippen LogP contribution < -0.4 is 0 Å². The fourth-order valence-corrected chi connectivity index (χ4v) is 3.62. The number of hydrogen-bond donors (Lipinski definition) is 0. The van der Waals surface area contributed by atoms with Crippen LogP contribution >= 0.6 is 0 Å². The van der Waals surface area contributed by atoms with Crippen molar-refractivity contribution in [3.63, 3.8) is 0 Å². The van der Waals surface area contributed by atoms with E-state index in [0.717, 1.165) is 10.4 Å². The Morgan fingerprint density at radius 2 is 1.92 bits per heavy atom. The molecule has 0 heterocycles. The molecule has 0 amide bonds. The van der Waals surface area contributed by atoms with Crippen LogP contribution in [0.15, 0.2) is 66.1 Å². The van der Waals surface area contributed by atoms with Gasteiger partial charge in [0.15, 0.2) is 0 Å². The van der Waals surface area contributed by atoms with Crippen molar-refractivity contribution < 1.29 is 17.7 Å². The third-order valence-corrected chi connectivity index (χ3v) is 5.11. The minimum absolute atomic E-state index is 0.0562. The maximum atomic E-state index is 13.9. The summed E-state index contributed by atoms with van der Waals surface area (Å²) in [5.41, 5.74) is 0.278. The number of sulfonamides is 1. The van der Waals surface area contributed by atoms with E-state index in [4.69, 9.17) is 0 Å². The first-order chi connectivity index (χ1) is 11.4. The number of halogens is 1. The van der Waals surface area contributed by atoms with E-state index in [1.807, 2.05) is 0 Å². The number of nitro benzene ring substituents is 1. The van der Waals surface area contributed by atoms with Crippen molar-refractivity contribution in [3.05, 3.63) is 82.7 Å². The molecule has 0 aromatic heterocycles. The lowest BCUT2D eigenvalue weighted by Gasteiger charge is -2.21. The minimum atomic E-state index is -4.11. The van der Waals surface area contributed by atoms with Crippen molar-refractivity contribution in [2.75, 3.05) is 6.54 Å². The molecule has 0 saturated carbocycles. The Labute approximate surface area is 139 Å². The van der Waals surface area contributed by atoms with Gasteiger partial charge in [0.25, 0.3) is 5.69 Å². The van der Waals surface area contributed by atoms with Gasteiger partial charge in [-0.2, -0.15) is 4.31 Å². The lowest BCUT2D eigenvalue weighted by Crippen LogP contribution is -2.31. The lowest BCUT2D eigenvalue weighted by molar-refractivity contribution is -0.384. The molecule has 0 bridgehead atoms. The summed E-state index contributed by atoms with van der Waals surface area (Å²) >= 11 is 0. The highest BCUT2D eigenvalue weighted by molar-refractivity contribution is 7.89. The zero-order chi connectivity index (χ0) is 17.7. The van der Waals surface area contributed by atoms with Crippen LogP contribution in [-0.2, 0) is 16.6 Å². The quantitative estimate of drug-likeness (QED) is 0.436. The molecule has 0 unspecified atom stereocenters. The van der Waals surface area contributed by atoms with E-state index in [9.17, 15) is 22.9 Å². The summed E-state index contributed by atoms with van der Waals surface area (Å²) in [6.07, 6.45) is 1.37. The highest BCUT2D eigenvalue weighted by Crippen LogP contribution is 2.22. The normalized spacial score (nSPS) is 11.4. The molecule has 2 aromatic carbocycles. The Morgan fingerprint density at radius 1 is 1.21 bits per heavy atom. The fourth-order valence-electron chi connectivity index (χ4n) is 2.16. The molecular weight excluding hydrogens is 335 g/mol. The molecule has 0 radical (unpaired) electrons. The second-order valence-corrected chi connectivity index (χ2v) is 6.85. The summed E-state index contributed by atoms with van der Waals surface area (Å²) in [6, 6.07) is 10.7. The van der Waals surface area contributed by atoms with Gasteiger partial charge >= 0.3 is 0 Å². The van der Waals surface area contributed by atoms with E-state index in [1.54, 1.807) is 6.07 Å². The first kappa shape index (κ1) is 17.8. The molecule has 6 nitrogen and oxygen atoms in total. The number of rotatable bonds is 7. The molecule has 0 aliphatic carbocycles. The molecule has 0 aliphatic rings. The van der Waals surface area contributed by atoms with Crippen molar-refractivity contribution in [1.29, 1.82) is 0 Å². The lowest BCUT2D eigenvalue weighted by atomic mass is 10.2. The number of hydrogen-bond acceptors (Lipinski definition) is 4. The topological polar surface area (TPSA) is 80.5 Å². The smallest absolute Gasteiger partial charge is 0.258 e. The largest absolute Gasteiger partial charge is 0.269 e. The maximum absolute atomic E-state index is 13.9. The Morgan fingerprint density at radius 3 is 2.54 bits per heavy atom. The van der Waals surface area contributed by atoms with Gasteiger partial charge in [0.05, 0.1) is 4.92 Å². The Kier molecular flexibility index (Phi) is 5.42. The summed E-state index contributed by atoms with van der Waals surface area (Å²) < 4.78 is 40.2. The molecule has 2 aromatic rings. The van der Waals surface area contributed by atoms with Gasteiger partial charge in [-0.3, -0.25) is 10.1 Å².